The van der Waals surface area contributed by atoms with Gasteiger partial charge in [0, 0.05) is 25.0 Å². The molecule has 4 rings (SSSR count). The quantitative estimate of drug-likeness (QED) is 0.537. The Morgan fingerprint density at radius 2 is 1.79 bits per heavy atom. The minimum atomic E-state index is -4.84. The number of nitrogens with zero attached hydrogens (tertiary/aromatic N) is 4. The lowest BCUT2D eigenvalue weighted by Gasteiger charge is -2.19. The van der Waals surface area contributed by atoms with Crippen molar-refractivity contribution < 1.29 is 27.5 Å². The van der Waals surface area contributed by atoms with Crippen molar-refractivity contribution in [3.63, 3.8) is 0 Å². The van der Waals surface area contributed by atoms with Crippen molar-refractivity contribution in [2.75, 3.05) is 29.9 Å². The van der Waals surface area contributed by atoms with Gasteiger partial charge in [0.1, 0.15) is 11.4 Å². The molecule has 0 radical (unpaired) electrons. The lowest BCUT2D eigenvalue weighted by atomic mass is 10.2. The molecule has 0 spiro atoms. The summed E-state index contributed by atoms with van der Waals surface area (Å²) in [5.74, 6) is -0.871. The third-order valence-electron chi connectivity index (χ3n) is 5.34. The Balaban J connectivity index is 1.57. The van der Waals surface area contributed by atoms with Crippen molar-refractivity contribution in [2.45, 2.75) is 25.9 Å². The summed E-state index contributed by atoms with van der Waals surface area (Å²) in [7, 11) is 0. The van der Waals surface area contributed by atoms with Gasteiger partial charge in [-0.3, -0.25) is 4.79 Å². The Labute approximate surface area is 193 Å². The Bertz CT molecular complexity index is 1190. The van der Waals surface area contributed by atoms with Crippen LogP contribution < -0.4 is 10.2 Å². The van der Waals surface area contributed by atoms with Gasteiger partial charge in [-0.1, -0.05) is 0 Å². The van der Waals surface area contributed by atoms with E-state index in [0.717, 1.165) is 32.1 Å². The number of esters is 1. The zero-order chi connectivity index (χ0) is 24.3. The average Bonchev–Trinajstić information content (AvgIpc) is 3.50. The smallest absolute Gasteiger partial charge is 0.434 e. The number of nitrogens with one attached hydrogen (secondary N) is 1. The molecule has 0 atom stereocenters. The van der Waals surface area contributed by atoms with E-state index < -0.39 is 23.4 Å². The van der Waals surface area contributed by atoms with Crippen LogP contribution in [0.5, 0.6) is 0 Å². The van der Waals surface area contributed by atoms with Crippen LogP contribution in [0.1, 0.15) is 46.2 Å². The number of anilines is 2. The predicted molar refractivity (Wildman–Crippen MR) is 118 cm³/mol. The van der Waals surface area contributed by atoms with Crippen LogP contribution in [-0.4, -0.2) is 46.3 Å². The molecule has 1 saturated heterocycles. The maximum absolute atomic E-state index is 13.7. The standard InChI is InChI=1S/C23H22F3N5O3/c1-2-34-22(33)18-14-28-31(19(18)23(24,25)26)16-9-7-15(8-10-16)29-21(32)17-6-5-11-27-20(17)30-12-3-4-13-30/h5-11,14H,2-4,12-13H2,1H3,(H,29,32). The molecule has 178 valence electrons. The highest BCUT2D eigenvalue weighted by atomic mass is 19.4. The van der Waals surface area contributed by atoms with E-state index in [1.54, 1.807) is 18.3 Å². The highest BCUT2D eigenvalue weighted by Crippen LogP contribution is 2.34. The van der Waals surface area contributed by atoms with Crippen molar-refractivity contribution in [3.05, 3.63) is 65.6 Å². The topological polar surface area (TPSA) is 89.3 Å². The number of hydrogen-bond donors (Lipinski definition) is 1. The van der Waals surface area contributed by atoms with E-state index in [2.05, 4.69) is 20.3 Å². The number of rotatable bonds is 6. The van der Waals surface area contributed by atoms with Crippen LogP contribution in [0.15, 0.2) is 48.8 Å². The van der Waals surface area contributed by atoms with Gasteiger partial charge >= 0.3 is 12.1 Å². The Hall–Kier alpha value is -3.89. The molecule has 0 aliphatic carbocycles. The second-order valence-corrected chi connectivity index (χ2v) is 7.61. The van der Waals surface area contributed by atoms with E-state index in [9.17, 15) is 22.8 Å². The summed E-state index contributed by atoms with van der Waals surface area (Å²) in [6.07, 6.45) is -0.308. The van der Waals surface area contributed by atoms with Gasteiger partial charge in [0.25, 0.3) is 5.91 Å². The van der Waals surface area contributed by atoms with Gasteiger partial charge in [-0.05, 0) is 56.2 Å². The molecule has 1 N–H and O–H groups in total. The SMILES string of the molecule is CCOC(=O)c1cnn(-c2ccc(NC(=O)c3cccnc3N3CCCC3)cc2)c1C(F)(F)F. The van der Waals surface area contributed by atoms with Crippen LogP contribution in [-0.2, 0) is 10.9 Å². The highest BCUT2D eigenvalue weighted by molar-refractivity contribution is 6.07. The van der Waals surface area contributed by atoms with Crippen LogP contribution in [0.3, 0.4) is 0 Å². The summed E-state index contributed by atoms with van der Waals surface area (Å²) < 4.78 is 46.4. The van der Waals surface area contributed by atoms with Crippen LogP contribution in [0.2, 0.25) is 0 Å². The number of alkyl halides is 3. The minimum Gasteiger partial charge on any atom is -0.462 e. The minimum absolute atomic E-state index is 0.0634. The van der Waals surface area contributed by atoms with Crippen LogP contribution >= 0.6 is 0 Å². The average molecular weight is 473 g/mol. The van der Waals surface area contributed by atoms with Crippen molar-refractivity contribution in [1.82, 2.24) is 14.8 Å². The van der Waals surface area contributed by atoms with Crippen molar-refractivity contribution in [2.24, 2.45) is 0 Å². The van der Waals surface area contributed by atoms with Crippen molar-refractivity contribution in [1.29, 1.82) is 0 Å². The van der Waals surface area contributed by atoms with E-state index in [0.29, 0.717) is 21.8 Å². The molecular weight excluding hydrogens is 451 g/mol. The van der Waals surface area contributed by atoms with Gasteiger partial charge < -0.3 is 15.0 Å². The first-order valence-electron chi connectivity index (χ1n) is 10.7. The molecule has 2 aromatic heterocycles. The van der Waals surface area contributed by atoms with E-state index >= 15 is 0 Å². The van der Waals surface area contributed by atoms with Gasteiger partial charge in [0.2, 0.25) is 0 Å². The molecular formula is C23H22F3N5O3. The fourth-order valence-electron chi connectivity index (χ4n) is 3.81. The number of ether oxygens (including phenoxy) is 1. The summed E-state index contributed by atoms with van der Waals surface area (Å²) in [6, 6.07) is 9.03. The fourth-order valence-corrected chi connectivity index (χ4v) is 3.81. The summed E-state index contributed by atoms with van der Waals surface area (Å²) in [4.78, 5) is 31.2. The Kier molecular flexibility index (Phi) is 6.53. The van der Waals surface area contributed by atoms with E-state index in [4.69, 9.17) is 4.74 Å². The molecule has 11 heteroatoms. The second-order valence-electron chi connectivity index (χ2n) is 7.61. The van der Waals surface area contributed by atoms with Gasteiger partial charge in [-0.15, -0.1) is 0 Å². The zero-order valence-electron chi connectivity index (χ0n) is 18.3. The first-order valence-corrected chi connectivity index (χ1v) is 10.7. The van der Waals surface area contributed by atoms with Crippen LogP contribution in [0.4, 0.5) is 24.7 Å². The van der Waals surface area contributed by atoms with Gasteiger partial charge in [-0.2, -0.15) is 18.3 Å². The number of benzene rings is 1. The van der Waals surface area contributed by atoms with Crippen LogP contribution in [0.25, 0.3) is 5.69 Å². The number of pyridine rings is 1. The van der Waals surface area contributed by atoms with Gasteiger partial charge in [-0.25, -0.2) is 14.5 Å². The first-order chi connectivity index (χ1) is 16.3. The number of amides is 1. The number of aromatic nitrogens is 3. The largest absolute Gasteiger partial charge is 0.462 e. The monoisotopic (exact) mass is 473 g/mol. The van der Waals surface area contributed by atoms with E-state index in [-0.39, 0.29) is 18.2 Å². The molecule has 1 aliphatic rings. The Morgan fingerprint density at radius 3 is 2.44 bits per heavy atom. The number of carbonyl (C=O) groups excluding carboxylic acids is 2. The molecule has 0 unspecified atom stereocenters. The van der Waals surface area contributed by atoms with E-state index in [1.165, 1.54) is 31.2 Å². The fraction of sp³-hybridized carbons (Fsp3) is 0.304. The molecule has 3 heterocycles. The predicted octanol–water partition coefficient (Wildman–Crippen LogP) is 4.32. The normalized spacial score (nSPS) is 13.7. The van der Waals surface area contributed by atoms with Crippen molar-refractivity contribution >= 4 is 23.4 Å². The number of hydrogen-bond acceptors (Lipinski definition) is 6. The molecule has 1 fully saturated rings. The lowest BCUT2D eigenvalue weighted by molar-refractivity contribution is -0.143. The highest BCUT2D eigenvalue weighted by Gasteiger charge is 2.41. The summed E-state index contributed by atoms with van der Waals surface area (Å²) >= 11 is 0. The molecule has 0 bridgehead atoms. The molecule has 1 aliphatic heterocycles. The number of carbonyl (C=O) groups is 2. The summed E-state index contributed by atoms with van der Waals surface area (Å²) in [5, 5.41) is 6.50. The molecule has 8 nitrogen and oxygen atoms in total. The van der Waals surface area contributed by atoms with Crippen molar-refractivity contribution in [3.8, 4) is 5.69 Å². The maximum atomic E-state index is 13.7. The van der Waals surface area contributed by atoms with Gasteiger partial charge in [0.05, 0.1) is 24.1 Å². The lowest BCUT2D eigenvalue weighted by Crippen LogP contribution is -2.24. The van der Waals surface area contributed by atoms with Crippen LogP contribution in [0, 0.1) is 0 Å². The maximum Gasteiger partial charge on any atom is 0.434 e. The second kappa shape index (κ2) is 9.54. The first kappa shape index (κ1) is 23.3. The molecule has 1 aromatic carbocycles. The summed E-state index contributed by atoms with van der Waals surface area (Å²) in [6.45, 7) is 3.09. The molecule has 3 aromatic rings. The Morgan fingerprint density at radius 1 is 1.09 bits per heavy atom. The van der Waals surface area contributed by atoms with E-state index in [1.807, 2.05) is 0 Å². The number of halogens is 3. The molecule has 1 amide bonds. The molecule has 34 heavy (non-hydrogen) atoms. The summed E-state index contributed by atoms with van der Waals surface area (Å²) in [5.41, 5.74) is -1.03. The molecule has 0 saturated carbocycles. The zero-order valence-corrected chi connectivity index (χ0v) is 18.3. The third-order valence-corrected chi connectivity index (χ3v) is 5.34. The van der Waals surface area contributed by atoms with Gasteiger partial charge in [0.15, 0.2) is 5.69 Å². The third kappa shape index (κ3) is 4.73.